The third-order valence-corrected chi connectivity index (χ3v) is 5.32. The van der Waals surface area contributed by atoms with E-state index < -0.39 is 17.7 Å². The topological polar surface area (TPSA) is 29.5 Å². The highest BCUT2D eigenvalue weighted by atomic mass is 19.2. The van der Waals surface area contributed by atoms with Crippen LogP contribution in [0.2, 0.25) is 0 Å². The van der Waals surface area contributed by atoms with E-state index >= 15 is 0 Å². The Labute approximate surface area is 181 Å². The smallest absolute Gasteiger partial charge is 0.201 e. The Hall–Kier alpha value is -2.79. The molecule has 3 aromatic carbocycles. The molecular weight excluding hydrogens is 401 g/mol. The lowest BCUT2D eigenvalue weighted by Crippen LogP contribution is -2.01. The quantitative estimate of drug-likeness (QED) is 0.407. The van der Waals surface area contributed by atoms with Crippen molar-refractivity contribution in [2.45, 2.75) is 45.6 Å². The minimum Gasteiger partial charge on any atom is -0.491 e. The lowest BCUT2D eigenvalue weighted by molar-refractivity contribution is 0.166. The first-order valence-corrected chi connectivity index (χ1v) is 10.6. The molecule has 0 aliphatic heterocycles. The van der Waals surface area contributed by atoms with Crippen molar-refractivity contribution in [2.24, 2.45) is 0 Å². The summed E-state index contributed by atoms with van der Waals surface area (Å²) in [4.78, 5) is 0. The Balaban J connectivity index is 1.68. The first-order valence-electron chi connectivity index (χ1n) is 10.6. The van der Waals surface area contributed by atoms with Crippen LogP contribution in [0.4, 0.5) is 13.2 Å². The van der Waals surface area contributed by atoms with Crippen molar-refractivity contribution in [1.29, 1.82) is 0 Å². The molecule has 1 atom stereocenters. The number of hydrogen-bond acceptors (Lipinski definition) is 2. The van der Waals surface area contributed by atoms with Crippen molar-refractivity contribution in [3.63, 3.8) is 0 Å². The van der Waals surface area contributed by atoms with E-state index in [4.69, 9.17) is 4.74 Å². The van der Waals surface area contributed by atoms with Gasteiger partial charge >= 0.3 is 0 Å². The van der Waals surface area contributed by atoms with Gasteiger partial charge in [-0.3, -0.25) is 0 Å². The maximum atomic E-state index is 14.4. The van der Waals surface area contributed by atoms with E-state index in [9.17, 15) is 18.3 Å². The van der Waals surface area contributed by atoms with Crippen molar-refractivity contribution < 1.29 is 23.0 Å². The molecule has 0 bridgehead atoms. The number of ether oxygens (including phenoxy) is 1. The SMILES string of the molecule is CCCC(O)c1ccc(CCc2ccc(-c3ccc(OCC)c(F)c3F)cc2)c(F)c1. The fraction of sp³-hybridized carbons (Fsp3) is 0.308. The van der Waals surface area contributed by atoms with Crippen LogP contribution in [0.3, 0.4) is 0 Å². The van der Waals surface area contributed by atoms with Gasteiger partial charge in [-0.15, -0.1) is 0 Å². The molecule has 164 valence electrons. The molecule has 0 amide bonds. The van der Waals surface area contributed by atoms with Crippen LogP contribution in [0.15, 0.2) is 54.6 Å². The number of hydrogen-bond donors (Lipinski definition) is 1. The second-order valence-electron chi connectivity index (χ2n) is 7.52. The van der Waals surface area contributed by atoms with E-state index in [1.54, 1.807) is 31.2 Å². The zero-order chi connectivity index (χ0) is 22.4. The molecule has 0 aromatic heterocycles. The van der Waals surface area contributed by atoms with Gasteiger partial charge in [0.2, 0.25) is 5.82 Å². The Kier molecular flexibility index (Phi) is 7.75. The second-order valence-corrected chi connectivity index (χ2v) is 7.52. The summed E-state index contributed by atoms with van der Waals surface area (Å²) < 4.78 is 48.0. The van der Waals surface area contributed by atoms with Gasteiger partial charge in [0.25, 0.3) is 0 Å². The molecule has 1 N–H and O–H groups in total. The number of halogens is 3. The van der Waals surface area contributed by atoms with Crippen LogP contribution >= 0.6 is 0 Å². The van der Waals surface area contributed by atoms with Crippen LogP contribution in [0.5, 0.6) is 5.75 Å². The van der Waals surface area contributed by atoms with Crippen LogP contribution in [0.1, 0.15) is 49.5 Å². The van der Waals surface area contributed by atoms with Gasteiger partial charge in [-0.2, -0.15) is 4.39 Å². The highest BCUT2D eigenvalue weighted by Gasteiger charge is 2.16. The van der Waals surface area contributed by atoms with E-state index in [1.807, 2.05) is 19.1 Å². The van der Waals surface area contributed by atoms with E-state index in [1.165, 1.54) is 18.2 Å². The summed E-state index contributed by atoms with van der Waals surface area (Å²) >= 11 is 0. The summed E-state index contributed by atoms with van der Waals surface area (Å²) in [7, 11) is 0. The summed E-state index contributed by atoms with van der Waals surface area (Å²) in [5.41, 5.74) is 2.86. The zero-order valence-corrected chi connectivity index (χ0v) is 17.8. The zero-order valence-electron chi connectivity index (χ0n) is 17.8. The monoisotopic (exact) mass is 428 g/mol. The molecule has 0 saturated carbocycles. The van der Waals surface area contributed by atoms with Crippen molar-refractivity contribution in [3.8, 4) is 16.9 Å². The Bertz CT molecular complexity index is 1020. The summed E-state index contributed by atoms with van der Waals surface area (Å²) in [5, 5.41) is 10.0. The van der Waals surface area contributed by atoms with Gasteiger partial charge < -0.3 is 9.84 Å². The van der Waals surface area contributed by atoms with Crippen LogP contribution in [-0.4, -0.2) is 11.7 Å². The molecular formula is C26H27F3O2. The molecule has 0 radical (unpaired) electrons. The molecule has 5 heteroatoms. The Morgan fingerprint density at radius 3 is 2.26 bits per heavy atom. The standard InChI is InChI=1S/C26H27F3O2/c1-3-5-23(30)20-13-12-19(22(27)16-20)11-8-17-6-9-18(10-7-17)21-14-15-24(31-4-2)26(29)25(21)28/h6-7,9-10,12-16,23,30H,3-5,8,11H2,1-2H3. The van der Waals surface area contributed by atoms with Crippen molar-refractivity contribution in [3.05, 3.63) is 88.7 Å². The highest BCUT2D eigenvalue weighted by Crippen LogP contribution is 2.30. The third-order valence-electron chi connectivity index (χ3n) is 5.32. The minimum atomic E-state index is -0.994. The van der Waals surface area contributed by atoms with Crippen LogP contribution in [-0.2, 0) is 12.8 Å². The molecule has 0 saturated heterocycles. The number of aryl methyl sites for hydroxylation is 2. The van der Waals surface area contributed by atoms with E-state index in [0.29, 0.717) is 36.0 Å². The lowest BCUT2D eigenvalue weighted by Gasteiger charge is -2.12. The van der Waals surface area contributed by atoms with Crippen molar-refractivity contribution in [1.82, 2.24) is 0 Å². The molecule has 3 aromatic rings. The molecule has 3 rings (SSSR count). The summed E-state index contributed by atoms with van der Waals surface area (Å²) in [6, 6.07) is 14.9. The molecule has 1 unspecified atom stereocenters. The average Bonchev–Trinajstić information content (AvgIpc) is 2.77. The predicted molar refractivity (Wildman–Crippen MR) is 117 cm³/mol. The molecule has 0 fully saturated rings. The maximum absolute atomic E-state index is 14.4. The molecule has 0 aliphatic carbocycles. The van der Waals surface area contributed by atoms with E-state index in [2.05, 4.69) is 0 Å². The Morgan fingerprint density at radius 2 is 1.61 bits per heavy atom. The Morgan fingerprint density at radius 1 is 0.871 bits per heavy atom. The fourth-order valence-electron chi connectivity index (χ4n) is 3.57. The van der Waals surface area contributed by atoms with Crippen molar-refractivity contribution in [2.75, 3.05) is 6.61 Å². The van der Waals surface area contributed by atoms with Gasteiger partial charge in [-0.1, -0.05) is 49.7 Å². The molecule has 0 heterocycles. The number of aliphatic hydroxyl groups excluding tert-OH is 1. The van der Waals surface area contributed by atoms with Gasteiger partial charge in [-0.25, -0.2) is 8.78 Å². The summed E-state index contributed by atoms with van der Waals surface area (Å²) in [6.07, 6.45) is 1.89. The van der Waals surface area contributed by atoms with Crippen LogP contribution in [0, 0.1) is 17.5 Å². The van der Waals surface area contributed by atoms with Crippen molar-refractivity contribution >= 4 is 0 Å². The number of aliphatic hydroxyl groups is 1. The third kappa shape index (κ3) is 5.47. The second kappa shape index (κ2) is 10.5. The molecule has 0 spiro atoms. The molecule has 2 nitrogen and oxygen atoms in total. The first-order chi connectivity index (χ1) is 14.9. The highest BCUT2D eigenvalue weighted by molar-refractivity contribution is 5.65. The van der Waals surface area contributed by atoms with Gasteiger partial charge in [0.05, 0.1) is 12.7 Å². The summed E-state index contributed by atoms with van der Waals surface area (Å²) in [6.45, 7) is 3.94. The van der Waals surface area contributed by atoms with Gasteiger partial charge in [-0.05, 0) is 66.6 Å². The van der Waals surface area contributed by atoms with Gasteiger partial charge in [0, 0.05) is 5.56 Å². The van der Waals surface area contributed by atoms with Gasteiger partial charge in [0.1, 0.15) is 5.82 Å². The van der Waals surface area contributed by atoms with E-state index in [-0.39, 0.29) is 23.7 Å². The summed E-state index contributed by atoms with van der Waals surface area (Å²) in [5.74, 6) is -2.36. The minimum absolute atomic E-state index is 0.101. The molecule has 31 heavy (non-hydrogen) atoms. The predicted octanol–water partition coefficient (Wildman–Crippen LogP) is 6.79. The van der Waals surface area contributed by atoms with Gasteiger partial charge in [0.15, 0.2) is 11.6 Å². The number of rotatable bonds is 9. The fourth-order valence-corrected chi connectivity index (χ4v) is 3.57. The molecule has 0 aliphatic rings. The normalized spacial score (nSPS) is 12.1. The largest absolute Gasteiger partial charge is 0.491 e. The van der Waals surface area contributed by atoms with Crippen LogP contribution < -0.4 is 4.74 Å². The van der Waals surface area contributed by atoms with Crippen LogP contribution in [0.25, 0.3) is 11.1 Å². The maximum Gasteiger partial charge on any atom is 0.201 e. The average molecular weight is 428 g/mol. The first kappa shape index (κ1) is 22.9. The van der Waals surface area contributed by atoms with E-state index in [0.717, 1.165) is 12.0 Å². The number of benzene rings is 3. The lowest BCUT2D eigenvalue weighted by atomic mass is 9.98.